The number of ether oxygens (including phenoxy) is 1. The molecule has 4 nitrogen and oxygen atoms in total. The monoisotopic (exact) mass is 243 g/mol. The van der Waals surface area contributed by atoms with Gasteiger partial charge in [-0.05, 0) is 31.5 Å². The predicted octanol–water partition coefficient (Wildman–Crippen LogP) is 0.528. The summed E-state index contributed by atoms with van der Waals surface area (Å²) in [4.78, 5) is 2.44. The molecule has 0 aromatic heterocycles. The van der Waals surface area contributed by atoms with Crippen LogP contribution in [-0.2, 0) is 4.74 Å². The van der Waals surface area contributed by atoms with Gasteiger partial charge in [-0.25, -0.2) is 0 Å². The summed E-state index contributed by atoms with van der Waals surface area (Å²) in [7, 11) is 0. The summed E-state index contributed by atoms with van der Waals surface area (Å²) in [5.41, 5.74) is 5.76. The maximum absolute atomic E-state index is 5.76. The maximum Gasteiger partial charge on any atom is 0.0826 e. The molecule has 0 aromatic carbocycles. The van der Waals surface area contributed by atoms with E-state index in [1.807, 2.05) is 0 Å². The molecule has 1 saturated heterocycles. The molecule has 0 radical (unpaired) electrons. The van der Waals surface area contributed by atoms with Gasteiger partial charge in [-0.3, -0.25) is 4.90 Å². The van der Waals surface area contributed by atoms with Gasteiger partial charge in [0, 0.05) is 19.6 Å². The van der Waals surface area contributed by atoms with Crippen LogP contribution in [0.15, 0.2) is 0 Å². The number of nitrogens with two attached hydrogens (primary N) is 1. The topological polar surface area (TPSA) is 50.5 Å². The Morgan fingerprint density at radius 2 is 2.24 bits per heavy atom. The summed E-state index contributed by atoms with van der Waals surface area (Å²) in [6, 6.07) is 0. The van der Waals surface area contributed by atoms with Crippen molar-refractivity contribution in [3.05, 3.63) is 0 Å². The van der Waals surface area contributed by atoms with Gasteiger partial charge < -0.3 is 15.8 Å². The first kappa shape index (κ1) is 14.9. The fourth-order valence-corrected chi connectivity index (χ4v) is 2.21. The SMILES string of the molecule is CCN1CCOC(CNCC(CN)C(C)C)C1. The van der Waals surface area contributed by atoms with Gasteiger partial charge in [-0.2, -0.15) is 0 Å². The quantitative estimate of drug-likeness (QED) is 0.685. The second-order valence-electron chi connectivity index (χ2n) is 5.28. The zero-order chi connectivity index (χ0) is 12.7. The van der Waals surface area contributed by atoms with Crippen molar-refractivity contribution < 1.29 is 4.74 Å². The van der Waals surface area contributed by atoms with Crippen LogP contribution in [0, 0.1) is 11.8 Å². The van der Waals surface area contributed by atoms with Gasteiger partial charge in [0.2, 0.25) is 0 Å². The van der Waals surface area contributed by atoms with E-state index in [-0.39, 0.29) is 0 Å². The summed E-state index contributed by atoms with van der Waals surface area (Å²) < 4.78 is 5.75. The van der Waals surface area contributed by atoms with Gasteiger partial charge >= 0.3 is 0 Å². The molecule has 0 aromatic rings. The zero-order valence-electron chi connectivity index (χ0n) is 11.6. The van der Waals surface area contributed by atoms with Crippen molar-refractivity contribution in [1.82, 2.24) is 10.2 Å². The largest absolute Gasteiger partial charge is 0.374 e. The molecular weight excluding hydrogens is 214 g/mol. The molecule has 17 heavy (non-hydrogen) atoms. The normalized spacial score (nSPS) is 24.2. The highest BCUT2D eigenvalue weighted by molar-refractivity contribution is 4.74. The molecule has 1 rings (SSSR count). The second-order valence-corrected chi connectivity index (χ2v) is 5.28. The number of hydrogen-bond donors (Lipinski definition) is 2. The Hall–Kier alpha value is -0.160. The standard InChI is InChI=1S/C13H29N3O/c1-4-16-5-6-17-13(10-16)9-15-8-12(7-14)11(2)3/h11-13,15H,4-10,14H2,1-3H3. The van der Waals surface area contributed by atoms with Gasteiger partial charge in [0.05, 0.1) is 12.7 Å². The highest BCUT2D eigenvalue weighted by atomic mass is 16.5. The molecule has 0 saturated carbocycles. The van der Waals surface area contributed by atoms with Crippen molar-refractivity contribution in [3.63, 3.8) is 0 Å². The second kappa shape index (κ2) is 8.03. The summed E-state index contributed by atoms with van der Waals surface area (Å²) >= 11 is 0. The third-order valence-electron chi connectivity index (χ3n) is 3.69. The first-order valence-corrected chi connectivity index (χ1v) is 6.92. The van der Waals surface area contributed by atoms with E-state index in [4.69, 9.17) is 10.5 Å². The van der Waals surface area contributed by atoms with Crippen LogP contribution in [0.2, 0.25) is 0 Å². The van der Waals surface area contributed by atoms with E-state index in [9.17, 15) is 0 Å². The number of rotatable bonds is 7. The maximum atomic E-state index is 5.76. The van der Waals surface area contributed by atoms with E-state index in [1.54, 1.807) is 0 Å². The molecule has 0 bridgehead atoms. The van der Waals surface area contributed by atoms with Crippen LogP contribution in [0.3, 0.4) is 0 Å². The first-order chi connectivity index (χ1) is 8.17. The summed E-state index contributed by atoms with van der Waals surface area (Å²) in [5.74, 6) is 1.22. The number of morpholine rings is 1. The van der Waals surface area contributed by atoms with E-state index in [1.165, 1.54) is 0 Å². The van der Waals surface area contributed by atoms with Crippen LogP contribution in [0.4, 0.5) is 0 Å². The molecule has 4 heteroatoms. The Labute approximate surface area is 106 Å². The van der Waals surface area contributed by atoms with Crippen LogP contribution in [-0.4, -0.2) is 56.9 Å². The summed E-state index contributed by atoms with van der Waals surface area (Å²) in [6.45, 7) is 13.5. The molecule has 0 spiro atoms. The highest BCUT2D eigenvalue weighted by Gasteiger charge is 2.19. The van der Waals surface area contributed by atoms with Gasteiger partial charge in [0.1, 0.15) is 0 Å². The molecule has 102 valence electrons. The van der Waals surface area contributed by atoms with E-state index in [2.05, 4.69) is 31.0 Å². The van der Waals surface area contributed by atoms with Crippen LogP contribution >= 0.6 is 0 Å². The zero-order valence-corrected chi connectivity index (χ0v) is 11.6. The molecule has 3 N–H and O–H groups in total. The molecule has 2 unspecified atom stereocenters. The van der Waals surface area contributed by atoms with Crippen molar-refractivity contribution in [2.75, 3.05) is 45.9 Å². The predicted molar refractivity (Wildman–Crippen MR) is 72.1 cm³/mol. The van der Waals surface area contributed by atoms with E-state index < -0.39 is 0 Å². The molecule has 1 aliphatic rings. The van der Waals surface area contributed by atoms with Gasteiger partial charge in [0.15, 0.2) is 0 Å². The van der Waals surface area contributed by atoms with Crippen LogP contribution < -0.4 is 11.1 Å². The minimum Gasteiger partial charge on any atom is -0.374 e. The summed E-state index contributed by atoms with van der Waals surface area (Å²) in [6.07, 6.45) is 0.342. The van der Waals surface area contributed by atoms with Crippen LogP contribution in [0.1, 0.15) is 20.8 Å². The van der Waals surface area contributed by atoms with E-state index in [0.29, 0.717) is 17.9 Å². The van der Waals surface area contributed by atoms with E-state index >= 15 is 0 Å². The molecular formula is C13H29N3O. The lowest BCUT2D eigenvalue weighted by Crippen LogP contribution is -2.47. The fourth-order valence-electron chi connectivity index (χ4n) is 2.21. The Morgan fingerprint density at radius 3 is 2.82 bits per heavy atom. The fraction of sp³-hybridized carbons (Fsp3) is 1.00. The van der Waals surface area contributed by atoms with Crippen molar-refractivity contribution in [2.45, 2.75) is 26.9 Å². The smallest absolute Gasteiger partial charge is 0.0826 e. The Balaban J connectivity index is 2.17. The number of likely N-dealkylation sites (N-methyl/N-ethyl adjacent to an activating group) is 1. The van der Waals surface area contributed by atoms with E-state index in [0.717, 1.165) is 45.9 Å². The number of nitrogens with one attached hydrogen (secondary N) is 1. The van der Waals surface area contributed by atoms with Gasteiger partial charge in [-0.15, -0.1) is 0 Å². The Kier molecular flexibility index (Phi) is 7.04. The molecule has 1 fully saturated rings. The van der Waals surface area contributed by atoms with Crippen LogP contribution in [0.5, 0.6) is 0 Å². The average Bonchev–Trinajstić information content (AvgIpc) is 2.34. The molecule has 0 aliphatic carbocycles. The summed E-state index contributed by atoms with van der Waals surface area (Å²) in [5, 5.41) is 3.50. The Bertz CT molecular complexity index is 199. The first-order valence-electron chi connectivity index (χ1n) is 6.92. The third kappa shape index (κ3) is 5.34. The van der Waals surface area contributed by atoms with Crippen molar-refractivity contribution >= 4 is 0 Å². The molecule has 0 amide bonds. The van der Waals surface area contributed by atoms with Crippen molar-refractivity contribution in [2.24, 2.45) is 17.6 Å². The lowest BCUT2D eigenvalue weighted by Gasteiger charge is -2.32. The van der Waals surface area contributed by atoms with Crippen LogP contribution in [0.25, 0.3) is 0 Å². The third-order valence-corrected chi connectivity index (χ3v) is 3.69. The molecule has 2 atom stereocenters. The minimum absolute atomic E-state index is 0.342. The van der Waals surface area contributed by atoms with Gasteiger partial charge in [-0.1, -0.05) is 20.8 Å². The van der Waals surface area contributed by atoms with Crippen molar-refractivity contribution in [3.8, 4) is 0 Å². The van der Waals surface area contributed by atoms with Gasteiger partial charge in [0.25, 0.3) is 0 Å². The number of hydrogen-bond acceptors (Lipinski definition) is 4. The minimum atomic E-state index is 0.342. The lowest BCUT2D eigenvalue weighted by molar-refractivity contribution is -0.0256. The van der Waals surface area contributed by atoms with Crippen molar-refractivity contribution in [1.29, 1.82) is 0 Å². The Morgan fingerprint density at radius 1 is 1.47 bits per heavy atom. The molecule has 1 aliphatic heterocycles. The lowest BCUT2D eigenvalue weighted by atomic mass is 9.96. The molecule has 1 heterocycles. The number of nitrogens with zero attached hydrogens (tertiary/aromatic N) is 1. The highest BCUT2D eigenvalue weighted by Crippen LogP contribution is 2.08. The average molecular weight is 243 g/mol.